The zero-order valence-electron chi connectivity index (χ0n) is 71.2. The fraction of sp³-hybridized carbons (Fsp3) is 0.547. The average Bonchev–Trinajstić information content (AvgIpc) is 0.843. The number of likely N-dealkylation sites (tertiary alicyclic amines) is 3. The number of benzene rings is 6. The minimum atomic E-state index is -0.137. The summed E-state index contributed by atoms with van der Waals surface area (Å²) in [5, 5.41) is 12.8. The fourth-order valence-corrected chi connectivity index (χ4v) is 14.1. The van der Waals surface area contributed by atoms with E-state index in [0.29, 0.717) is 59.0 Å². The molecular formula is C95H135Cl4N7O6. The van der Waals surface area contributed by atoms with Crippen LogP contribution in [-0.4, -0.2) is 147 Å². The highest BCUT2D eigenvalue weighted by Gasteiger charge is 2.33. The third kappa shape index (κ3) is 34.7. The summed E-state index contributed by atoms with van der Waals surface area (Å²) in [6.07, 6.45) is 3.73. The molecule has 0 aromatic heterocycles. The minimum absolute atomic E-state index is 0.0115. The monoisotopic (exact) mass is 1610 g/mol. The number of piperidine rings is 1. The van der Waals surface area contributed by atoms with Crippen LogP contribution in [0.25, 0.3) is 4.85 Å². The van der Waals surface area contributed by atoms with Gasteiger partial charge in [0.25, 0.3) is 0 Å². The molecular weight excluding hydrogens is 1480 g/mol. The summed E-state index contributed by atoms with van der Waals surface area (Å²) >= 11 is 23.7. The molecule has 0 amide bonds. The number of nitrogens with zero attached hydrogens (tertiary/aromatic N) is 4. The molecule has 614 valence electrons. The van der Waals surface area contributed by atoms with Crippen molar-refractivity contribution in [2.75, 3.05) is 85.1 Å². The number of ketones is 6. The summed E-state index contributed by atoms with van der Waals surface area (Å²) in [7, 11) is 0. The molecule has 0 aliphatic carbocycles. The van der Waals surface area contributed by atoms with Crippen molar-refractivity contribution in [1.82, 2.24) is 30.7 Å². The molecule has 6 atom stereocenters. The van der Waals surface area contributed by atoms with Gasteiger partial charge in [-0.2, -0.15) is 0 Å². The molecule has 0 saturated carbocycles. The summed E-state index contributed by atoms with van der Waals surface area (Å²) < 4.78 is 0. The van der Waals surface area contributed by atoms with Crippen molar-refractivity contribution in [3.63, 3.8) is 0 Å². The van der Waals surface area contributed by atoms with Gasteiger partial charge >= 0.3 is 0 Å². The van der Waals surface area contributed by atoms with Crippen LogP contribution in [0.2, 0.25) is 20.1 Å². The summed E-state index contributed by atoms with van der Waals surface area (Å²) in [6.45, 7) is 59.6. The van der Waals surface area contributed by atoms with Crippen LogP contribution in [-0.2, 0) is 28.8 Å². The first-order chi connectivity index (χ1) is 52.9. The van der Waals surface area contributed by atoms with Crippen LogP contribution in [0.3, 0.4) is 0 Å². The Labute approximate surface area is 695 Å². The van der Waals surface area contributed by atoms with Gasteiger partial charge in [0.1, 0.15) is 34.7 Å². The molecule has 3 N–H and O–H groups in total. The maximum atomic E-state index is 12.6. The number of hydrogen-bond acceptors (Lipinski definition) is 12. The van der Waals surface area contributed by atoms with Crippen LogP contribution in [0.4, 0.5) is 5.69 Å². The van der Waals surface area contributed by atoms with Crippen molar-refractivity contribution in [2.45, 2.75) is 205 Å². The van der Waals surface area contributed by atoms with Gasteiger partial charge in [-0.1, -0.05) is 281 Å². The Bertz CT molecular complexity index is 3780. The smallest absolute Gasteiger partial charge is 0.187 e. The molecule has 3 saturated heterocycles. The second-order valence-electron chi connectivity index (χ2n) is 33.4. The molecule has 3 fully saturated rings. The van der Waals surface area contributed by atoms with Crippen molar-refractivity contribution >= 4 is 86.8 Å². The van der Waals surface area contributed by atoms with E-state index in [0.717, 1.165) is 132 Å². The predicted octanol–water partition coefficient (Wildman–Crippen LogP) is 21.4. The molecule has 6 unspecified atom stereocenters. The SMILES string of the molecule is CC(C)C(=O)C(CN1CCC1)c1ccc(Cl)cc1.CC1CCN(CC(C(=O)C(C)C)c2ccc(Cl)cc2)CC1.CC1CN(CC(C(=O)C(C)C)c2ccc(Cl)cc2)C1.CCNCC(C(=O)C(C)C)c1ccc(Cl)cc1.Cc1ccc(C(CNC(C)C)C(=O)C(C)C)cc1.[C-]#[N+]c1ccc(C(CNC(C)C)C(=O)C(C)C)cc1. The molecule has 17 heteroatoms. The second-order valence-corrected chi connectivity index (χ2v) is 35.1. The lowest BCUT2D eigenvalue weighted by molar-refractivity contribution is -0.125. The molecule has 3 heterocycles. The molecule has 9 rings (SSSR count). The molecule has 0 spiro atoms. The first kappa shape index (κ1) is 98.1. The third-order valence-electron chi connectivity index (χ3n) is 20.8. The number of hydrogen-bond donors (Lipinski definition) is 3. The van der Waals surface area contributed by atoms with Gasteiger partial charge in [-0.05, 0) is 153 Å². The van der Waals surface area contributed by atoms with Crippen LogP contribution in [0.15, 0.2) is 146 Å². The molecule has 6 aromatic rings. The number of Topliss-reactive ketones (excluding diaryl/α,β-unsaturated/α-hetero) is 6. The van der Waals surface area contributed by atoms with Gasteiger partial charge in [-0.15, -0.1) is 0 Å². The highest BCUT2D eigenvalue weighted by molar-refractivity contribution is 6.31. The van der Waals surface area contributed by atoms with Crippen molar-refractivity contribution in [2.24, 2.45) is 47.3 Å². The van der Waals surface area contributed by atoms with Gasteiger partial charge < -0.3 is 30.7 Å². The first-order valence-corrected chi connectivity index (χ1v) is 42.6. The molecule has 0 bridgehead atoms. The first-order valence-electron chi connectivity index (χ1n) is 41.1. The Morgan fingerprint density at radius 2 is 0.634 bits per heavy atom. The molecule has 0 radical (unpaired) electrons. The Kier molecular flexibility index (Phi) is 44.6. The lowest BCUT2D eigenvalue weighted by Gasteiger charge is -2.39. The van der Waals surface area contributed by atoms with Crippen LogP contribution in [0, 0.1) is 60.8 Å². The van der Waals surface area contributed by atoms with E-state index in [1.54, 1.807) is 12.1 Å². The number of carbonyl (C=O) groups is 6. The van der Waals surface area contributed by atoms with Gasteiger partial charge in [0.05, 0.1) is 42.1 Å². The number of carbonyl (C=O) groups excluding carboxylic acids is 6. The lowest BCUT2D eigenvalue weighted by Crippen LogP contribution is -2.48. The standard InChI is InChI=1S/C18H26ClNO.C16H22ClNO.C16H22N2O.C16H25NO.C15H20ClNO.C14H20ClNO/c1-13(2)18(21)17(15-4-6-16(19)7-5-15)12-20-10-8-14(3)9-11-20;1-11(2)16(19)15(10-18-8-12(3)9-18)13-4-6-14(17)7-5-13;1-11(2)16(19)15(10-18-12(3)4)13-6-8-14(17-5)9-7-13;1-11(2)16(18)15(10-17-12(3)4)14-8-6-13(5)7-9-14;1-11(2)15(18)14(10-17-8-3-9-17)12-4-6-13(16)7-5-12;1-4-16-9-13(14(17)10(2)3)11-5-7-12(15)8-6-11/h4-7,13-14,17H,8-12H2,1-3H3;4-7,11-12,15H,8-10H2,1-3H3;6-9,11-12,15,18H,10H2,1-4H3;6-9,11-12,15,17H,10H2,1-5H3;4-7,11,14H,3,8-10H2,1-2H3;5-8,10,13,16H,4,9H2,1-3H3. The molecule has 3 aliphatic heterocycles. The summed E-state index contributed by atoms with van der Waals surface area (Å²) in [5.41, 5.74) is 8.24. The summed E-state index contributed by atoms with van der Waals surface area (Å²) in [5.74, 6) is 3.41. The number of nitrogens with one attached hydrogen (secondary N) is 3. The van der Waals surface area contributed by atoms with Crippen LogP contribution in [0.5, 0.6) is 0 Å². The van der Waals surface area contributed by atoms with E-state index >= 15 is 0 Å². The Morgan fingerprint density at radius 3 is 0.893 bits per heavy atom. The van der Waals surface area contributed by atoms with E-state index in [9.17, 15) is 28.8 Å². The van der Waals surface area contributed by atoms with E-state index in [2.05, 4.69) is 108 Å². The Balaban J connectivity index is 0.000000284. The average molecular weight is 1610 g/mol. The predicted molar refractivity (Wildman–Crippen MR) is 472 cm³/mol. The van der Waals surface area contributed by atoms with Crippen molar-refractivity contribution in [3.05, 3.63) is 216 Å². The van der Waals surface area contributed by atoms with Gasteiger partial charge in [-0.25, -0.2) is 4.85 Å². The maximum Gasteiger partial charge on any atom is 0.187 e. The van der Waals surface area contributed by atoms with Gasteiger partial charge in [0.2, 0.25) is 0 Å². The molecule has 3 aliphatic rings. The van der Waals surface area contributed by atoms with E-state index in [1.165, 1.54) is 24.8 Å². The van der Waals surface area contributed by atoms with E-state index in [1.807, 2.05) is 199 Å². The quantitative estimate of drug-likeness (QED) is 0.0336. The molecule has 112 heavy (non-hydrogen) atoms. The van der Waals surface area contributed by atoms with Crippen LogP contribution in [0.1, 0.15) is 225 Å². The fourth-order valence-electron chi connectivity index (χ4n) is 13.6. The summed E-state index contributed by atoms with van der Waals surface area (Å²) in [6, 6.07) is 47.1. The van der Waals surface area contributed by atoms with Gasteiger partial charge in [0.15, 0.2) is 5.69 Å². The van der Waals surface area contributed by atoms with E-state index < -0.39 is 0 Å². The highest BCUT2D eigenvalue weighted by atomic mass is 35.5. The largest absolute Gasteiger partial charge is 0.316 e. The van der Waals surface area contributed by atoms with Gasteiger partial charge in [0, 0.05) is 120 Å². The van der Waals surface area contributed by atoms with Crippen molar-refractivity contribution < 1.29 is 28.8 Å². The van der Waals surface area contributed by atoms with Crippen LogP contribution >= 0.6 is 46.4 Å². The number of rotatable bonds is 33. The Morgan fingerprint density at radius 1 is 0.375 bits per heavy atom. The lowest BCUT2D eigenvalue weighted by atomic mass is 9.87. The molecule has 13 nitrogen and oxygen atoms in total. The highest BCUT2D eigenvalue weighted by Crippen LogP contribution is 2.32. The molecule has 6 aromatic carbocycles. The normalized spacial score (nSPS) is 15.6. The van der Waals surface area contributed by atoms with Crippen molar-refractivity contribution in [3.8, 4) is 0 Å². The zero-order chi connectivity index (χ0) is 83.5. The van der Waals surface area contributed by atoms with Crippen molar-refractivity contribution in [1.29, 1.82) is 0 Å². The third-order valence-corrected chi connectivity index (χ3v) is 21.8. The van der Waals surface area contributed by atoms with E-state index in [4.69, 9.17) is 53.0 Å². The van der Waals surface area contributed by atoms with Crippen LogP contribution < -0.4 is 16.0 Å². The number of halogens is 4. The second kappa shape index (κ2) is 51.0. The number of aryl methyl sites for hydroxylation is 1. The zero-order valence-corrected chi connectivity index (χ0v) is 74.2. The number of likely N-dealkylation sites (N-methyl/N-ethyl adjacent to an activating group) is 1. The van der Waals surface area contributed by atoms with E-state index in [-0.39, 0.29) is 82.6 Å². The minimum Gasteiger partial charge on any atom is -0.316 e. The maximum absolute atomic E-state index is 12.6. The Hall–Kier alpha value is -6.25. The topological polar surface area (TPSA) is 153 Å². The summed E-state index contributed by atoms with van der Waals surface area (Å²) in [4.78, 5) is 84.7. The van der Waals surface area contributed by atoms with Gasteiger partial charge in [-0.3, -0.25) is 28.8 Å².